The lowest BCUT2D eigenvalue weighted by Gasteiger charge is -2.59. The Morgan fingerprint density at radius 3 is 2.59 bits per heavy atom. The Morgan fingerprint density at radius 2 is 1.85 bits per heavy atom. The number of carbonyl (C=O) groups is 4. The predicted molar refractivity (Wildman–Crippen MR) is 195 cm³/mol. The van der Waals surface area contributed by atoms with E-state index in [9.17, 15) is 34.5 Å². The first-order valence-electron chi connectivity index (χ1n) is 18.8. The van der Waals surface area contributed by atoms with Gasteiger partial charge >= 0.3 is 11.9 Å². The molecule has 5 aliphatic rings. The summed E-state index contributed by atoms with van der Waals surface area (Å²) in [6, 6.07) is 10.7. The quantitative estimate of drug-likeness (QED) is 0.168. The van der Waals surface area contributed by atoms with Crippen molar-refractivity contribution in [1.29, 1.82) is 0 Å². The zero-order valence-electron chi connectivity index (χ0n) is 31.3. The number of aromatic carboxylic acids is 1. The number of aliphatic hydroxyl groups is 1. The number of carboxylic acid groups (broad SMARTS) is 1. The Bertz CT molecular complexity index is 1990. The highest BCUT2D eigenvalue weighted by atomic mass is 16.7. The van der Waals surface area contributed by atoms with E-state index in [-0.39, 0.29) is 34.8 Å². The monoisotopic (exact) mass is 740 g/mol. The third-order valence-electron chi connectivity index (χ3n) is 13.1. The van der Waals surface area contributed by atoms with Crippen molar-refractivity contribution in [3.8, 4) is 5.75 Å². The van der Waals surface area contributed by atoms with Gasteiger partial charge in [-0.3, -0.25) is 14.4 Å². The Hall–Kier alpha value is -4.52. The molecule has 4 fully saturated rings. The second-order valence-corrected chi connectivity index (χ2v) is 16.5. The molecule has 0 amide bonds. The van der Waals surface area contributed by atoms with Crippen LogP contribution >= 0.6 is 0 Å². The Labute approximate surface area is 314 Å². The van der Waals surface area contributed by atoms with Gasteiger partial charge in [0.05, 0.1) is 29.0 Å². The van der Waals surface area contributed by atoms with Crippen LogP contribution in [0.1, 0.15) is 89.1 Å². The Kier molecular flexibility index (Phi) is 9.55. The number of phenols is 1. The van der Waals surface area contributed by atoms with Crippen molar-refractivity contribution in [3.05, 3.63) is 77.4 Å². The standard InChI is InChI=1S/C42H48N2O10/c1-6-9-35-53-34-20-29-26-14-12-23-18-25(45)16-17-40(23,4)36(26)32(47)21-41(29,5)42(34,54-35)33(48)22-52-38(51)39(2,3)28-10-7-8-11-30(28)44-43-24-13-15-31(46)27(19-24)37(49)50/h7-8,10-11,13,15-19,26,29,32,34-36,46-47H,6,9,12,14,20-22H2,1-5H3,(H,49,50)/t26-,29-,32-,34+,35?,36+,40-,41-,42+/m0/s1. The fourth-order valence-corrected chi connectivity index (χ4v) is 10.5. The summed E-state index contributed by atoms with van der Waals surface area (Å²) in [6.07, 6.45) is 7.05. The van der Waals surface area contributed by atoms with Gasteiger partial charge in [-0.05, 0) is 99.8 Å². The molecule has 0 spiro atoms. The van der Waals surface area contributed by atoms with Crippen LogP contribution in [0.4, 0.5) is 11.4 Å². The van der Waals surface area contributed by atoms with E-state index in [0.717, 1.165) is 24.8 Å². The van der Waals surface area contributed by atoms with Crippen LogP contribution in [0.25, 0.3) is 0 Å². The van der Waals surface area contributed by atoms with E-state index in [2.05, 4.69) is 17.2 Å². The molecule has 0 radical (unpaired) electrons. The molecule has 0 aromatic heterocycles. The van der Waals surface area contributed by atoms with Gasteiger partial charge in [0.15, 0.2) is 24.3 Å². The summed E-state index contributed by atoms with van der Waals surface area (Å²) in [5.41, 5.74) is -2.30. The molecule has 0 bridgehead atoms. The second-order valence-electron chi connectivity index (χ2n) is 16.5. The first-order valence-corrected chi connectivity index (χ1v) is 18.8. The van der Waals surface area contributed by atoms with Crippen LogP contribution in [-0.2, 0) is 34.0 Å². The number of rotatable bonds is 10. The maximum Gasteiger partial charge on any atom is 0.339 e. The van der Waals surface area contributed by atoms with Crippen LogP contribution in [0.2, 0.25) is 0 Å². The largest absolute Gasteiger partial charge is 0.507 e. The minimum absolute atomic E-state index is 0.0173. The summed E-state index contributed by atoms with van der Waals surface area (Å²) >= 11 is 0. The van der Waals surface area contributed by atoms with Crippen LogP contribution < -0.4 is 0 Å². The van der Waals surface area contributed by atoms with Crippen molar-refractivity contribution in [2.24, 2.45) is 38.8 Å². The molecule has 3 N–H and O–H groups in total. The fourth-order valence-electron chi connectivity index (χ4n) is 10.5. The van der Waals surface area contributed by atoms with Crippen LogP contribution in [-0.4, -0.2) is 69.5 Å². The summed E-state index contributed by atoms with van der Waals surface area (Å²) in [6.45, 7) is 8.92. The maximum absolute atomic E-state index is 14.7. The van der Waals surface area contributed by atoms with Gasteiger partial charge in [-0.2, -0.15) is 10.2 Å². The highest BCUT2D eigenvalue weighted by Crippen LogP contribution is 2.69. The van der Waals surface area contributed by atoms with E-state index >= 15 is 0 Å². The molecule has 1 unspecified atom stereocenters. The number of Topliss-reactive ketones (excluding diaryl/α,β-unsaturated/α-hetero) is 1. The topological polar surface area (TPSA) is 181 Å². The average molecular weight is 741 g/mol. The average Bonchev–Trinajstić information content (AvgIpc) is 3.61. The summed E-state index contributed by atoms with van der Waals surface area (Å²) in [4.78, 5) is 52.4. The smallest absolute Gasteiger partial charge is 0.339 e. The van der Waals surface area contributed by atoms with Crippen molar-refractivity contribution in [2.75, 3.05) is 6.61 Å². The van der Waals surface area contributed by atoms with E-state index in [1.807, 2.05) is 19.9 Å². The van der Waals surface area contributed by atoms with Gasteiger partial charge in [0.2, 0.25) is 5.78 Å². The van der Waals surface area contributed by atoms with E-state index in [1.165, 1.54) is 18.2 Å². The second kappa shape index (κ2) is 13.6. The van der Waals surface area contributed by atoms with Crippen molar-refractivity contribution >= 4 is 34.9 Å². The molecule has 2 aromatic rings. The first kappa shape index (κ1) is 37.8. The normalized spacial score (nSPS) is 34.1. The van der Waals surface area contributed by atoms with Gasteiger partial charge in [-0.25, -0.2) is 4.79 Å². The number of hydrogen-bond donors (Lipinski definition) is 3. The van der Waals surface area contributed by atoms with Gasteiger partial charge in [0.1, 0.15) is 11.3 Å². The van der Waals surface area contributed by atoms with Crippen molar-refractivity contribution in [1.82, 2.24) is 0 Å². The van der Waals surface area contributed by atoms with Gasteiger partial charge in [0, 0.05) is 16.7 Å². The van der Waals surface area contributed by atoms with E-state index in [1.54, 1.807) is 50.3 Å². The molecule has 12 nitrogen and oxygen atoms in total. The number of nitrogens with zero attached hydrogens (tertiary/aromatic N) is 2. The number of azo groups is 1. The minimum Gasteiger partial charge on any atom is -0.507 e. The molecule has 1 heterocycles. The molecule has 286 valence electrons. The number of hydrogen-bond acceptors (Lipinski definition) is 11. The number of ether oxygens (including phenoxy) is 3. The first-order chi connectivity index (χ1) is 25.6. The van der Waals surface area contributed by atoms with Crippen molar-refractivity contribution in [3.63, 3.8) is 0 Å². The number of fused-ring (bicyclic) bond motifs is 7. The SMILES string of the molecule is CCCC1O[C@@H]2C[C@H]3[C@@H]4CCC5=CC(=O)C=C[C@]5(C)[C@H]4[C@@H](O)C[C@]3(C)[C@]2(C(=O)COC(=O)C(C)(C)c2ccccc2N=Nc2ccc(O)c(C(=O)O)c2)O1. The molecule has 3 saturated carbocycles. The summed E-state index contributed by atoms with van der Waals surface area (Å²) in [7, 11) is 0. The maximum atomic E-state index is 14.7. The molecule has 9 atom stereocenters. The predicted octanol–water partition coefficient (Wildman–Crippen LogP) is 7.06. The molecule has 54 heavy (non-hydrogen) atoms. The van der Waals surface area contributed by atoms with E-state index < -0.39 is 70.4 Å². The number of ketones is 2. The van der Waals surface area contributed by atoms with Crippen LogP contribution in [0.5, 0.6) is 5.75 Å². The fraction of sp³-hybridized carbons (Fsp3) is 0.524. The van der Waals surface area contributed by atoms with Gasteiger partial charge in [-0.1, -0.05) is 57.0 Å². The van der Waals surface area contributed by atoms with Crippen LogP contribution in [0.15, 0.2) is 76.5 Å². The number of aliphatic hydroxyl groups excluding tert-OH is 1. The number of allylic oxidation sites excluding steroid dienone is 4. The molecule has 12 heteroatoms. The lowest BCUT2D eigenvalue weighted by atomic mass is 9.46. The zero-order valence-corrected chi connectivity index (χ0v) is 31.3. The van der Waals surface area contributed by atoms with E-state index in [0.29, 0.717) is 30.5 Å². The summed E-state index contributed by atoms with van der Waals surface area (Å²) in [5.74, 6) is -2.92. The minimum atomic E-state index is -1.44. The highest BCUT2D eigenvalue weighted by Gasteiger charge is 2.76. The number of carboxylic acids is 1. The number of carbonyl (C=O) groups excluding carboxylic acids is 3. The number of esters is 1. The third kappa shape index (κ3) is 5.84. The van der Waals surface area contributed by atoms with Gasteiger partial charge < -0.3 is 29.5 Å². The molecular formula is C42H48N2O10. The van der Waals surface area contributed by atoms with Gasteiger partial charge in [0.25, 0.3) is 0 Å². The van der Waals surface area contributed by atoms with Gasteiger partial charge in [-0.15, -0.1) is 0 Å². The van der Waals surface area contributed by atoms with Crippen LogP contribution in [0.3, 0.4) is 0 Å². The Morgan fingerprint density at radius 1 is 1.09 bits per heavy atom. The molecule has 7 rings (SSSR count). The van der Waals surface area contributed by atoms with Crippen molar-refractivity contribution in [2.45, 2.75) is 103 Å². The highest BCUT2D eigenvalue weighted by molar-refractivity contribution is 6.01. The molecule has 1 saturated heterocycles. The lowest BCUT2D eigenvalue weighted by molar-refractivity contribution is -0.201. The lowest BCUT2D eigenvalue weighted by Crippen LogP contribution is -2.63. The number of aromatic hydroxyl groups is 1. The van der Waals surface area contributed by atoms with Crippen molar-refractivity contribution < 1.29 is 48.7 Å². The van der Waals surface area contributed by atoms with Crippen LogP contribution in [0, 0.1) is 28.6 Å². The molecular weight excluding hydrogens is 692 g/mol. The molecule has 4 aliphatic carbocycles. The summed E-state index contributed by atoms with van der Waals surface area (Å²) < 4.78 is 19.1. The Balaban J connectivity index is 1.14. The summed E-state index contributed by atoms with van der Waals surface area (Å²) in [5, 5.41) is 39.7. The third-order valence-corrected chi connectivity index (χ3v) is 13.1. The zero-order chi connectivity index (χ0) is 38.8. The molecule has 1 aliphatic heterocycles. The number of benzene rings is 2. The molecule has 2 aromatic carbocycles. The van der Waals surface area contributed by atoms with E-state index in [4.69, 9.17) is 14.2 Å².